The van der Waals surface area contributed by atoms with Crippen molar-refractivity contribution in [1.82, 2.24) is 4.90 Å². The van der Waals surface area contributed by atoms with E-state index < -0.39 is 0 Å². The molecular weight excluding hydrogens is 262 g/mol. The fraction of sp³-hybridized carbons (Fsp3) is 0.278. The summed E-state index contributed by atoms with van der Waals surface area (Å²) in [4.78, 5) is 13.7. The van der Waals surface area contributed by atoms with Crippen LogP contribution in [0.2, 0.25) is 0 Å². The number of rotatable bonds is 5. The Balaban J connectivity index is 1.62. The summed E-state index contributed by atoms with van der Waals surface area (Å²) in [6, 6.07) is 20.6. The van der Waals surface area contributed by atoms with E-state index in [4.69, 9.17) is 4.74 Å². The number of amides is 1. The average molecular weight is 281 g/mol. The van der Waals surface area contributed by atoms with Crippen molar-refractivity contribution in [3.05, 3.63) is 71.8 Å². The van der Waals surface area contributed by atoms with Crippen LogP contribution in [-0.2, 0) is 17.7 Å². The topological polar surface area (TPSA) is 29.5 Å². The molecular formula is C18H19NO2. The molecule has 1 unspecified atom stereocenters. The van der Waals surface area contributed by atoms with Gasteiger partial charge in [-0.1, -0.05) is 60.7 Å². The van der Waals surface area contributed by atoms with E-state index in [1.54, 1.807) is 0 Å². The molecule has 0 N–H and O–H groups in total. The molecule has 2 aromatic carbocycles. The Labute approximate surface area is 125 Å². The lowest BCUT2D eigenvalue weighted by atomic mass is 10.0. The molecule has 0 bridgehead atoms. The van der Waals surface area contributed by atoms with Crippen LogP contribution in [0.25, 0.3) is 0 Å². The zero-order valence-electron chi connectivity index (χ0n) is 11.9. The summed E-state index contributed by atoms with van der Waals surface area (Å²) in [6.07, 6.45) is 1.70. The highest BCUT2D eigenvalue weighted by Crippen LogP contribution is 2.20. The molecule has 2 aromatic rings. The molecule has 3 rings (SSSR count). The van der Waals surface area contributed by atoms with E-state index >= 15 is 0 Å². The van der Waals surface area contributed by atoms with Crippen LogP contribution in [0.15, 0.2) is 60.7 Å². The van der Waals surface area contributed by atoms with E-state index in [2.05, 4.69) is 12.1 Å². The van der Waals surface area contributed by atoms with E-state index in [1.165, 1.54) is 5.56 Å². The second-order valence-corrected chi connectivity index (χ2v) is 5.37. The minimum Gasteiger partial charge on any atom is -0.447 e. The maximum atomic E-state index is 11.9. The van der Waals surface area contributed by atoms with Crippen LogP contribution in [0.1, 0.15) is 17.5 Å². The van der Waals surface area contributed by atoms with Gasteiger partial charge in [0.1, 0.15) is 6.61 Å². The van der Waals surface area contributed by atoms with Crippen LogP contribution in [0.4, 0.5) is 4.79 Å². The molecule has 3 nitrogen and oxygen atoms in total. The smallest absolute Gasteiger partial charge is 0.410 e. The van der Waals surface area contributed by atoms with E-state index in [0.29, 0.717) is 13.2 Å². The number of hydrogen-bond donors (Lipinski definition) is 0. The second-order valence-electron chi connectivity index (χ2n) is 5.37. The molecule has 1 atom stereocenters. The predicted octanol–water partition coefficient (Wildman–Crippen LogP) is 3.64. The van der Waals surface area contributed by atoms with Crippen molar-refractivity contribution in [3.63, 3.8) is 0 Å². The first kappa shape index (κ1) is 13.7. The van der Waals surface area contributed by atoms with Gasteiger partial charge in [-0.2, -0.15) is 0 Å². The number of carbonyl (C=O) groups excluding carboxylic acids is 1. The molecule has 1 aliphatic rings. The Morgan fingerprint density at radius 2 is 1.57 bits per heavy atom. The summed E-state index contributed by atoms with van der Waals surface area (Å²) in [7, 11) is 0. The number of aryl methyl sites for hydroxylation is 1. The van der Waals surface area contributed by atoms with Gasteiger partial charge in [-0.25, -0.2) is 4.79 Å². The van der Waals surface area contributed by atoms with Gasteiger partial charge in [0, 0.05) is 6.54 Å². The number of hydrogen-bond acceptors (Lipinski definition) is 2. The van der Waals surface area contributed by atoms with Crippen molar-refractivity contribution in [2.24, 2.45) is 0 Å². The normalized spacial score (nSPS) is 17.8. The van der Waals surface area contributed by atoms with Gasteiger partial charge in [-0.05, 0) is 24.0 Å². The molecule has 0 spiro atoms. The van der Waals surface area contributed by atoms with Crippen molar-refractivity contribution in [2.75, 3.05) is 6.61 Å². The molecule has 1 aliphatic heterocycles. The number of nitrogens with zero attached hydrogens (tertiary/aromatic N) is 1. The minimum atomic E-state index is -0.197. The Kier molecular flexibility index (Phi) is 4.20. The number of cyclic esters (lactones) is 1. The Bertz CT molecular complexity index is 583. The van der Waals surface area contributed by atoms with Crippen molar-refractivity contribution in [3.8, 4) is 0 Å². The predicted molar refractivity (Wildman–Crippen MR) is 81.9 cm³/mol. The number of ether oxygens (including phenoxy) is 1. The highest BCUT2D eigenvalue weighted by Gasteiger charge is 2.32. The van der Waals surface area contributed by atoms with Gasteiger partial charge in [0.05, 0.1) is 6.04 Å². The standard InChI is InChI=1S/C18H19NO2/c20-18-19(13-16-9-5-2-6-10-16)17(14-21-18)12-11-15-7-3-1-4-8-15/h1-10,17H,11-14H2. The van der Waals surface area contributed by atoms with Crippen LogP contribution in [0.5, 0.6) is 0 Å². The Hall–Kier alpha value is -2.29. The Morgan fingerprint density at radius 1 is 0.952 bits per heavy atom. The zero-order chi connectivity index (χ0) is 14.5. The lowest BCUT2D eigenvalue weighted by Crippen LogP contribution is -2.33. The highest BCUT2D eigenvalue weighted by molar-refractivity contribution is 5.70. The summed E-state index contributed by atoms with van der Waals surface area (Å²) in [5.74, 6) is 0. The third-order valence-electron chi connectivity index (χ3n) is 3.88. The lowest BCUT2D eigenvalue weighted by Gasteiger charge is -2.21. The maximum Gasteiger partial charge on any atom is 0.410 e. The Morgan fingerprint density at radius 3 is 2.24 bits per heavy atom. The van der Waals surface area contributed by atoms with Gasteiger partial charge in [-0.3, -0.25) is 4.90 Å². The minimum absolute atomic E-state index is 0.165. The first-order valence-electron chi connectivity index (χ1n) is 7.34. The zero-order valence-corrected chi connectivity index (χ0v) is 11.9. The largest absolute Gasteiger partial charge is 0.447 e. The van der Waals surface area contributed by atoms with Crippen LogP contribution < -0.4 is 0 Å². The quantitative estimate of drug-likeness (QED) is 0.837. The molecule has 0 saturated carbocycles. The van der Waals surface area contributed by atoms with Gasteiger partial charge in [0.2, 0.25) is 0 Å². The fourth-order valence-electron chi connectivity index (χ4n) is 2.68. The number of benzene rings is 2. The molecule has 0 aromatic heterocycles. The molecule has 1 saturated heterocycles. The van der Waals surface area contributed by atoms with Gasteiger partial charge in [0.25, 0.3) is 0 Å². The summed E-state index contributed by atoms with van der Waals surface area (Å²) in [6.45, 7) is 1.12. The molecule has 21 heavy (non-hydrogen) atoms. The second kappa shape index (κ2) is 6.44. The summed E-state index contributed by atoms with van der Waals surface area (Å²) in [5, 5.41) is 0. The fourth-order valence-corrected chi connectivity index (χ4v) is 2.68. The molecule has 1 heterocycles. The number of carbonyl (C=O) groups is 1. The maximum absolute atomic E-state index is 11.9. The van der Waals surface area contributed by atoms with Crippen molar-refractivity contribution in [2.45, 2.75) is 25.4 Å². The van der Waals surface area contributed by atoms with Crippen molar-refractivity contribution in [1.29, 1.82) is 0 Å². The lowest BCUT2D eigenvalue weighted by molar-refractivity contribution is 0.156. The van der Waals surface area contributed by atoms with E-state index in [0.717, 1.165) is 18.4 Å². The van der Waals surface area contributed by atoms with Crippen LogP contribution in [0.3, 0.4) is 0 Å². The molecule has 3 heteroatoms. The first-order chi connectivity index (χ1) is 10.3. The average Bonchev–Trinajstić information content (AvgIpc) is 2.88. The third kappa shape index (κ3) is 3.43. The summed E-state index contributed by atoms with van der Waals surface area (Å²) < 4.78 is 5.23. The molecule has 0 radical (unpaired) electrons. The highest BCUT2D eigenvalue weighted by atomic mass is 16.6. The van der Waals surface area contributed by atoms with Gasteiger partial charge >= 0.3 is 6.09 Å². The molecule has 1 fully saturated rings. The van der Waals surface area contributed by atoms with E-state index in [9.17, 15) is 4.79 Å². The van der Waals surface area contributed by atoms with Crippen LogP contribution in [-0.4, -0.2) is 23.6 Å². The van der Waals surface area contributed by atoms with Gasteiger partial charge < -0.3 is 4.74 Å². The molecule has 108 valence electrons. The first-order valence-corrected chi connectivity index (χ1v) is 7.34. The van der Waals surface area contributed by atoms with Crippen LogP contribution >= 0.6 is 0 Å². The third-order valence-corrected chi connectivity index (χ3v) is 3.88. The SMILES string of the molecule is O=C1OCC(CCc2ccccc2)N1Cc1ccccc1. The van der Waals surface area contributed by atoms with Crippen molar-refractivity contribution < 1.29 is 9.53 Å². The van der Waals surface area contributed by atoms with Gasteiger partial charge in [-0.15, -0.1) is 0 Å². The molecule has 1 amide bonds. The monoisotopic (exact) mass is 281 g/mol. The van der Waals surface area contributed by atoms with E-state index in [-0.39, 0.29) is 12.1 Å². The van der Waals surface area contributed by atoms with Gasteiger partial charge in [0.15, 0.2) is 0 Å². The molecule has 0 aliphatic carbocycles. The summed E-state index contributed by atoms with van der Waals surface area (Å²) in [5.41, 5.74) is 2.44. The van der Waals surface area contributed by atoms with Crippen LogP contribution in [0, 0.1) is 0 Å². The van der Waals surface area contributed by atoms with E-state index in [1.807, 2.05) is 53.4 Å². The van der Waals surface area contributed by atoms with Crippen molar-refractivity contribution >= 4 is 6.09 Å². The summed E-state index contributed by atoms with van der Waals surface area (Å²) >= 11 is 0.